The zero-order valence-corrected chi connectivity index (χ0v) is 16.9. The molecule has 0 amide bonds. The van der Waals surface area contributed by atoms with Crippen molar-refractivity contribution in [3.05, 3.63) is 58.0 Å². The molecule has 0 spiro atoms. The first-order valence-corrected chi connectivity index (χ1v) is 10.8. The molecule has 2 saturated heterocycles. The van der Waals surface area contributed by atoms with E-state index in [4.69, 9.17) is 4.74 Å². The lowest BCUT2D eigenvalue weighted by Gasteiger charge is -2.43. The molecule has 3 aliphatic rings. The van der Waals surface area contributed by atoms with E-state index in [1.807, 2.05) is 12.4 Å². The number of fused-ring (bicyclic) bond motifs is 4. The van der Waals surface area contributed by atoms with Crippen LogP contribution in [0.3, 0.4) is 0 Å². The summed E-state index contributed by atoms with van der Waals surface area (Å²) in [6, 6.07) is 4.28. The van der Waals surface area contributed by atoms with E-state index in [2.05, 4.69) is 36.5 Å². The molecular formula is C22H29N5O2. The third-order valence-electron chi connectivity index (χ3n) is 6.49. The van der Waals surface area contributed by atoms with Crippen molar-refractivity contribution in [2.75, 3.05) is 39.4 Å². The Labute approximate surface area is 171 Å². The SMILES string of the molecule is O=c1c(CN2CCCOCC2)ccc2n1C[C@H]1C[C@@H]2CN(Cc2cncnc2)C1. The second kappa shape index (κ2) is 8.34. The fraction of sp³-hybridized carbons (Fsp3) is 0.591. The molecule has 0 saturated carbocycles. The summed E-state index contributed by atoms with van der Waals surface area (Å²) in [5, 5.41) is 0. The summed E-state index contributed by atoms with van der Waals surface area (Å²) in [5.74, 6) is 0.964. The first-order chi connectivity index (χ1) is 14.3. The molecular weight excluding hydrogens is 366 g/mol. The molecule has 5 heterocycles. The monoisotopic (exact) mass is 395 g/mol. The van der Waals surface area contributed by atoms with E-state index in [0.717, 1.165) is 76.6 Å². The molecule has 5 rings (SSSR count). The van der Waals surface area contributed by atoms with Crippen LogP contribution in [0.5, 0.6) is 0 Å². The van der Waals surface area contributed by atoms with Gasteiger partial charge in [0.15, 0.2) is 0 Å². The summed E-state index contributed by atoms with van der Waals surface area (Å²) in [6.07, 6.45) is 7.60. The molecule has 0 unspecified atom stereocenters. The summed E-state index contributed by atoms with van der Waals surface area (Å²) in [7, 11) is 0. The highest BCUT2D eigenvalue weighted by Gasteiger charge is 2.35. The van der Waals surface area contributed by atoms with Gasteiger partial charge in [-0.25, -0.2) is 9.97 Å². The van der Waals surface area contributed by atoms with Crippen molar-refractivity contribution < 1.29 is 4.74 Å². The van der Waals surface area contributed by atoms with Crippen LogP contribution in [-0.2, 0) is 24.4 Å². The van der Waals surface area contributed by atoms with Gasteiger partial charge >= 0.3 is 0 Å². The van der Waals surface area contributed by atoms with E-state index in [0.29, 0.717) is 11.8 Å². The average molecular weight is 396 g/mol. The first-order valence-electron chi connectivity index (χ1n) is 10.8. The minimum atomic E-state index is 0.215. The van der Waals surface area contributed by atoms with Crippen LogP contribution in [0.1, 0.15) is 35.6 Å². The van der Waals surface area contributed by atoms with E-state index in [1.165, 1.54) is 12.1 Å². The number of hydrogen-bond donors (Lipinski definition) is 0. The maximum Gasteiger partial charge on any atom is 0.255 e. The van der Waals surface area contributed by atoms with Gasteiger partial charge in [0.05, 0.1) is 6.61 Å². The number of piperidine rings is 1. The maximum absolute atomic E-state index is 13.3. The Bertz CT molecular complexity index is 892. The lowest BCUT2D eigenvalue weighted by atomic mass is 9.83. The van der Waals surface area contributed by atoms with Crippen molar-refractivity contribution >= 4 is 0 Å². The van der Waals surface area contributed by atoms with E-state index in [-0.39, 0.29) is 5.56 Å². The van der Waals surface area contributed by atoms with Gasteiger partial charge in [0.1, 0.15) is 6.33 Å². The van der Waals surface area contributed by atoms with Crippen LogP contribution in [-0.4, -0.2) is 63.7 Å². The summed E-state index contributed by atoms with van der Waals surface area (Å²) in [6.45, 7) is 7.98. The summed E-state index contributed by atoms with van der Waals surface area (Å²) in [4.78, 5) is 26.4. The Hall–Kier alpha value is -2.09. The molecule has 7 heteroatoms. The highest BCUT2D eigenvalue weighted by atomic mass is 16.5. The third-order valence-corrected chi connectivity index (χ3v) is 6.49. The van der Waals surface area contributed by atoms with Gasteiger partial charge in [-0.15, -0.1) is 0 Å². The van der Waals surface area contributed by atoms with Gasteiger partial charge in [-0.05, 0) is 24.8 Å². The van der Waals surface area contributed by atoms with Gasteiger partial charge < -0.3 is 9.30 Å². The number of aromatic nitrogens is 3. The lowest BCUT2D eigenvalue weighted by molar-refractivity contribution is 0.113. The molecule has 0 radical (unpaired) electrons. The van der Waals surface area contributed by atoms with E-state index < -0.39 is 0 Å². The minimum absolute atomic E-state index is 0.215. The molecule has 7 nitrogen and oxygen atoms in total. The summed E-state index contributed by atoms with van der Waals surface area (Å²) in [5.41, 5.74) is 3.51. The van der Waals surface area contributed by atoms with Crippen LogP contribution in [0.4, 0.5) is 0 Å². The van der Waals surface area contributed by atoms with Gasteiger partial charge in [0.25, 0.3) is 5.56 Å². The fourth-order valence-corrected chi connectivity index (χ4v) is 5.21. The van der Waals surface area contributed by atoms with Crippen LogP contribution in [0.2, 0.25) is 0 Å². The topological polar surface area (TPSA) is 63.5 Å². The Morgan fingerprint density at radius 2 is 1.90 bits per heavy atom. The standard InChI is InChI=1S/C22H29N5O2/c28-22-19(14-25-4-1-6-29-7-5-25)2-3-21-20-8-17(13-27(21)22)11-26(15-20)12-18-9-23-16-24-10-18/h2-3,9-10,16-17,20H,1,4-8,11-15H2/t17-,20+/m0/s1. The molecule has 2 atom stereocenters. The molecule has 2 aromatic heterocycles. The van der Waals surface area contributed by atoms with Gasteiger partial charge in [-0.3, -0.25) is 14.6 Å². The Morgan fingerprint density at radius 1 is 1.00 bits per heavy atom. The second-order valence-corrected chi connectivity index (χ2v) is 8.68. The predicted molar refractivity (Wildman–Crippen MR) is 110 cm³/mol. The van der Waals surface area contributed by atoms with Crippen LogP contribution in [0.15, 0.2) is 35.6 Å². The van der Waals surface area contributed by atoms with Crippen LogP contribution in [0, 0.1) is 5.92 Å². The highest BCUT2D eigenvalue weighted by Crippen LogP contribution is 2.35. The minimum Gasteiger partial charge on any atom is -0.380 e. The van der Waals surface area contributed by atoms with Crippen LogP contribution >= 0.6 is 0 Å². The van der Waals surface area contributed by atoms with Crippen LogP contribution < -0.4 is 5.56 Å². The largest absolute Gasteiger partial charge is 0.380 e. The predicted octanol–water partition coefficient (Wildman–Crippen LogP) is 1.48. The molecule has 154 valence electrons. The second-order valence-electron chi connectivity index (χ2n) is 8.68. The number of rotatable bonds is 4. The number of likely N-dealkylation sites (tertiary alicyclic amines) is 1. The van der Waals surface area contributed by atoms with Crippen molar-refractivity contribution in [1.29, 1.82) is 0 Å². The van der Waals surface area contributed by atoms with Crippen molar-refractivity contribution in [3.63, 3.8) is 0 Å². The highest BCUT2D eigenvalue weighted by molar-refractivity contribution is 5.22. The van der Waals surface area contributed by atoms with Crippen molar-refractivity contribution in [1.82, 2.24) is 24.3 Å². The van der Waals surface area contributed by atoms with Gasteiger partial charge in [0.2, 0.25) is 0 Å². The zero-order chi connectivity index (χ0) is 19.6. The summed E-state index contributed by atoms with van der Waals surface area (Å²) >= 11 is 0. The number of hydrogen-bond acceptors (Lipinski definition) is 6. The quantitative estimate of drug-likeness (QED) is 0.782. The van der Waals surface area contributed by atoms with Gasteiger partial charge in [-0.2, -0.15) is 0 Å². The Balaban J connectivity index is 1.33. The first kappa shape index (κ1) is 18.9. The maximum atomic E-state index is 13.3. The number of nitrogens with zero attached hydrogens (tertiary/aromatic N) is 5. The number of ether oxygens (including phenoxy) is 1. The molecule has 0 aromatic carbocycles. The molecule has 29 heavy (non-hydrogen) atoms. The molecule has 2 aromatic rings. The van der Waals surface area contributed by atoms with Crippen molar-refractivity contribution in [3.8, 4) is 0 Å². The normalized spacial score (nSPS) is 25.4. The Kier molecular flexibility index (Phi) is 5.44. The van der Waals surface area contributed by atoms with Crippen LogP contribution in [0.25, 0.3) is 0 Å². The molecule has 0 aliphatic carbocycles. The zero-order valence-electron chi connectivity index (χ0n) is 16.9. The lowest BCUT2D eigenvalue weighted by Crippen LogP contribution is -2.47. The molecule has 3 aliphatic heterocycles. The van der Waals surface area contributed by atoms with E-state index in [1.54, 1.807) is 6.33 Å². The average Bonchev–Trinajstić information content (AvgIpc) is 3.00. The van der Waals surface area contributed by atoms with E-state index in [9.17, 15) is 4.79 Å². The molecule has 0 N–H and O–H groups in total. The molecule has 2 bridgehead atoms. The van der Waals surface area contributed by atoms with Gasteiger partial charge in [-0.1, -0.05) is 6.07 Å². The third kappa shape index (κ3) is 4.13. The Morgan fingerprint density at radius 3 is 2.79 bits per heavy atom. The van der Waals surface area contributed by atoms with E-state index >= 15 is 0 Å². The number of pyridine rings is 1. The fourth-order valence-electron chi connectivity index (χ4n) is 5.21. The van der Waals surface area contributed by atoms with Gasteiger partial charge in [0, 0.05) is 87.6 Å². The smallest absolute Gasteiger partial charge is 0.255 e. The van der Waals surface area contributed by atoms with Crippen molar-refractivity contribution in [2.24, 2.45) is 5.92 Å². The summed E-state index contributed by atoms with van der Waals surface area (Å²) < 4.78 is 7.62. The molecule has 2 fully saturated rings. The van der Waals surface area contributed by atoms with Crippen molar-refractivity contribution in [2.45, 2.75) is 38.4 Å².